The highest BCUT2D eigenvalue weighted by Gasteiger charge is 2.19. The summed E-state index contributed by atoms with van der Waals surface area (Å²) in [7, 11) is -0.287. The van der Waals surface area contributed by atoms with Crippen LogP contribution in [-0.2, 0) is 0 Å². The molecule has 0 aliphatic heterocycles. The van der Waals surface area contributed by atoms with Gasteiger partial charge in [-0.1, -0.05) is 6.55 Å². The first kappa shape index (κ1) is 9.15. The molecule has 0 aliphatic rings. The molecule has 8 heavy (non-hydrogen) atoms. The maximum absolute atomic E-state index is 5.80. The molecule has 0 nitrogen and oxygen atoms in total. The van der Waals surface area contributed by atoms with Crippen molar-refractivity contribution in [3.05, 3.63) is 0 Å². The van der Waals surface area contributed by atoms with Crippen molar-refractivity contribution in [2.75, 3.05) is 5.75 Å². The second-order valence-electron chi connectivity index (χ2n) is 1.68. The normalized spacial score (nSPS) is 13.5. The van der Waals surface area contributed by atoms with Crippen LogP contribution in [0, 0.1) is 0 Å². The van der Waals surface area contributed by atoms with Gasteiger partial charge in [-0.15, -0.1) is 23.2 Å². The van der Waals surface area contributed by atoms with Crippen molar-refractivity contribution in [3.63, 3.8) is 0 Å². The van der Waals surface area contributed by atoms with Crippen molar-refractivity contribution < 1.29 is 0 Å². The van der Waals surface area contributed by atoms with Crippen LogP contribution in [0.5, 0.6) is 0 Å². The van der Waals surface area contributed by atoms with Crippen LogP contribution in [0.2, 0.25) is 6.55 Å². The first-order chi connectivity index (χ1) is 3.62. The van der Waals surface area contributed by atoms with Gasteiger partial charge in [-0.2, -0.15) is 12.6 Å². The van der Waals surface area contributed by atoms with Crippen molar-refractivity contribution in [1.82, 2.24) is 0 Å². The minimum atomic E-state index is -0.401. The Labute approximate surface area is 68.2 Å². The van der Waals surface area contributed by atoms with E-state index in [2.05, 4.69) is 19.2 Å². The molecular formula is C4H10Cl2SSi. The molecule has 0 spiro atoms. The highest BCUT2D eigenvalue weighted by atomic mass is 35.5. The zero-order chi connectivity index (χ0) is 6.62. The van der Waals surface area contributed by atoms with Crippen LogP contribution >= 0.6 is 35.8 Å². The van der Waals surface area contributed by atoms with E-state index in [0.29, 0.717) is 0 Å². The van der Waals surface area contributed by atoms with Gasteiger partial charge in [0.1, 0.15) is 3.96 Å². The molecule has 0 amide bonds. The molecular weight excluding hydrogens is 179 g/mol. The molecule has 0 N–H and O–H groups in total. The lowest BCUT2D eigenvalue weighted by Gasteiger charge is -2.13. The Morgan fingerprint density at radius 1 is 1.62 bits per heavy atom. The largest absolute Gasteiger partial charge is 0.179 e. The van der Waals surface area contributed by atoms with Crippen LogP contribution in [0.3, 0.4) is 0 Å². The van der Waals surface area contributed by atoms with E-state index >= 15 is 0 Å². The first-order valence-corrected chi connectivity index (χ1v) is 6.12. The minimum absolute atomic E-state index is 0.287. The molecule has 0 saturated carbocycles. The maximum Gasteiger partial charge on any atom is 0.101 e. The number of thiol groups is 1. The second-order valence-corrected chi connectivity index (χ2v) is 6.58. The molecule has 0 fully saturated rings. The Morgan fingerprint density at radius 2 is 2.12 bits per heavy atom. The van der Waals surface area contributed by atoms with Gasteiger partial charge in [0.25, 0.3) is 0 Å². The lowest BCUT2D eigenvalue weighted by atomic mass is 10.5. The second kappa shape index (κ2) is 4.04. The molecule has 0 atom stereocenters. The van der Waals surface area contributed by atoms with Crippen molar-refractivity contribution in [2.45, 2.75) is 16.9 Å². The number of halogens is 2. The van der Waals surface area contributed by atoms with Crippen molar-refractivity contribution in [3.8, 4) is 0 Å². The van der Waals surface area contributed by atoms with Gasteiger partial charge < -0.3 is 0 Å². The number of alkyl halides is 2. The number of rotatable bonds is 3. The molecule has 0 rings (SSSR count). The zero-order valence-electron chi connectivity index (χ0n) is 4.82. The van der Waals surface area contributed by atoms with Gasteiger partial charge in [0.05, 0.1) is 9.52 Å². The van der Waals surface area contributed by atoms with Gasteiger partial charge in [0.2, 0.25) is 0 Å². The average Bonchev–Trinajstić information content (AvgIpc) is 1.67. The fourth-order valence-electron chi connectivity index (χ4n) is 0.340. The van der Waals surface area contributed by atoms with Gasteiger partial charge in [-0.3, -0.25) is 0 Å². The van der Waals surface area contributed by atoms with Crippen LogP contribution in [0.4, 0.5) is 0 Å². The monoisotopic (exact) mass is 188 g/mol. The van der Waals surface area contributed by atoms with Gasteiger partial charge in [-0.25, -0.2) is 0 Å². The summed E-state index contributed by atoms with van der Waals surface area (Å²) in [4.78, 5) is 0. The fourth-order valence-corrected chi connectivity index (χ4v) is 2.00. The SMILES string of the molecule is C[SiH2]C(Cl)(Cl)CCS. The number of hydrogen-bond acceptors (Lipinski definition) is 1. The Bertz CT molecular complexity index is 67.1. The highest BCUT2D eigenvalue weighted by molar-refractivity contribution is 7.80. The van der Waals surface area contributed by atoms with E-state index in [9.17, 15) is 0 Å². The topological polar surface area (TPSA) is 0 Å². The van der Waals surface area contributed by atoms with E-state index < -0.39 is 3.96 Å². The quantitative estimate of drug-likeness (QED) is 0.389. The van der Waals surface area contributed by atoms with Crippen molar-refractivity contribution >= 4 is 45.4 Å². The van der Waals surface area contributed by atoms with Crippen LogP contribution in [0.25, 0.3) is 0 Å². The van der Waals surface area contributed by atoms with Crippen molar-refractivity contribution in [2.24, 2.45) is 0 Å². The molecule has 0 unspecified atom stereocenters. The van der Waals surface area contributed by atoms with Crippen LogP contribution < -0.4 is 0 Å². The zero-order valence-corrected chi connectivity index (χ0v) is 8.64. The summed E-state index contributed by atoms with van der Waals surface area (Å²) in [6.45, 7) is 2.10. The van der Waals surface area contributed by atoms with Crippen LogP contribution in [0.15, 0.2) is 0 Å². The summed E-state index contributed by atoms with van der Waals surface area (Å²) >= 11 is 15.6. The Balaban J connectivity index is 3.37. The van der Waals surface area contributed by atoms with Gasteiger partial charge in [0.15, 0.2) is 0 Å². The molecule has 0 aromatic heterocycles. The molecule has 0 heterocycles. The third kappa shape index (κ3) is 4.07. The van der Waals surface area contributed by atoms with E-state index in [0.717, 1.165) is 12.2 Å². The number of hydrogen-bond donors (Lipinski definition) is 1. The van der Waals surface area contributed by atoms with E-state index in [4.69, 9.17) is 23.2 Å². The molecule has 50 valence electrons. The Kier molecular flexibility index (Phi) is 4.62. The molecule has 0 radical (unpaired) electrons. The van der Waals surface area contributed by atoms with Crippen LogP contribution in [0.1, 0.15) is 6.42 Å². The Hall–Kier alpha value is 1.15. The lowest BCUT2D eigenvalue weighted by molar-refractivity contribution is 0.980. The molecule has 0 aromatic rings. The maximum atomic E-state index is 5.80. The van der Waals surface area contributed by atoms with E-state index in [-0.39, 0.29) is 9.52 Å². The molecule has 0 aliphatic carbocycles. The third-order valence-corrected chi connectivity index (χ3v) is 4.59. The molecule has 0 aromatic carbocycles. The smallest absolute Gasteiger partial charge is 0.101 e. The highest BCUT2D eigenvalue weighted by Crippen LogP contribution is 2.23. The fraction of sp³-hybridized carbons (Fsp3) is 1.00. The predicted molar refractivity (Wildman–Crippen MR) is 47.3 cm³/mol. The summed E-state index contributed by atoms with van der Waals surface area (Å²) in [6.07, 6.45) is 0.821. The summed E-state index contributed by atoms with van der Waals surface area (Å²) < 4.78 is -0.401. The van der Waals surface area contributed by atoms with Gasteiger partial charge in [0, 0.05) is 0 Å². The molecule has 4 heteroatoms. The van der Waals surface area contributed by atoms with Gasteiger partial charge in [-0.05, 0) is 12.2 Å². The lowest BCUT2D eigenvalue weighted by Crippen LogP contribution is -2.19. The van der Waals surface area contributed by atoms with Crippen LogP contribution in [-0.4, -0.2) is 19.2 Å². The summed E-state index contributed by atoms with van der Waals surface area (Å²) in [5, 5.41) is 0. The third-order valence-electron chi connectivity index (χ3n) is 0.995. The Morgan fingerprint density at radius 3 is 2.25 bits per heavy atom. The minimum Gasteiger partial charge on any atom is -0.179 e. The van der Waals surface area contributed by atoms with E-state index in [1.54, 1.807) is 0 Å². The summed E-state index contributed by atoms with van der Waals surface area (Å²) in [5.74, 6) is 0.786. The predicted octanol–water partition coefficient (Wildman–Crippen LogP) is 1.65. The standard InChI is InChI=1S/C4H10Cl2SSi/c1-8-4(5,6)2-3-7/h7H,2-3,8H2,1H3. The average molecular weight is 189 g/mol. The summed E-state index contributed by atoms with van der Waals surface area (Å²) in [6, 6.07) is 0. The van der Waals surface area contributed by atoms with E-state index in [1.807, 2.05) is 0 Å². The summed E-state index contributed by atoms with van der Waals surface area (Å²) in [5.41, 5.74) is 0. The van der Waals surface area contributed by atoms with Gasteiger partial charge >= 0.3 is 0 Å². The molecule has 0 saturated heterocycles. The molecule has 0 bridgehead atoms. The first-order valence-electron chi connectivity index (χ1n) is 2.61. The van der Waals surface area contributed by atoms with Crippen molar-refractivity contribution in [1.29, 1.82) is 0 Å². The van der Waals surface area contributed by atoms with E-state index in [1.165, 1.54) is 0 Å².